The Balaban J connectivity index is 2.32. The lowest BCUT2D eigenvalue weighted by molar-refractivity contribution is 0.831. The molecule has 20 heavy (non-hydrogen) atoms. The molecule has 2 rings (SSSR count). The lowest BCUT2D eigenvalue weighted by Crippen LogP contribution is -2.01. The molecule has 1 aromatic carbocycles. The second-order valence-electron chi connectivity index (χ2n) is 4.11. The standard InChI is InChI=1S/C13H11BrCl3N3/c1-2-3-12-19-11(14)6-13(20-12)18-10-5-8(16)7(15)4-9(10)17/h4-6H,2-3H2,1H3,(H,18,19,20). The number of aryl methyl sites for hydroxylation is 1. The van der Waals surface area contributed by atoms with E-state index in [1.807, 2.05) is 0 Å². The molecule has 3 nitrogen and oxygen atoms in total. The summed E-state index contributed by atoms with van der Waals surface area (Å²) in [5.74, 6) is 1.41. The molecule has 0 aliphatic rings. The molecule has 0 aliphatic heterocycles. The number of rotatable bonds is 4. The molecule has 0 spiro atoms. The summed E-state index contributed by atoms with van der Waals surface area (Å²) in [7, 11) is 0. The van der Waals surface area contributed by atoms with Crippen molar-refractivity contribution in [3.05, 3.63) is 43.7 Å². The molecular formula is C13H11BrCl3N3. The topological polar surface area (TPSA) is 37.8 Å². The van der Waals surface area contributed by atoms with Crippen LogP contribution in [-0.4, -0.2) is 9.97 Å². The van der Waals surface area contributed by atoms with E-state index in [0.717, 1.165) is 23.3 Å². The zero-order chi connectivity index (χ0) is 14.7. The first-order chi connectivity index (χ1) is 9.49. The average Bonchev–Trinajstić information content (AvgIpc) is 2.35. The number of nitrogens with one attached hydrogen (secondary N) is 1. The van der Waals surface area contributed by atoms with Crippen LogP contribution < -0.4 is 5.32 Å². The maximum absolute atomic E-state index is 6.13. The number of nitrogens with zero attached hydrogens (tertiary/aromatic N) is 2. The van der Waals surface area contributed by atoms with E-state index < -0.39 is 0 Å². The Labute approximate surface area is 140 Å². The highest BCUT2D eigenvalue weighted by molar-refractivity contribution is 9.10. The zero-order valence-electron chi connectivity index (χ0n) is 10.6. The SMILES string of the molecule is CCCc1nc(Br)cc(Nc2cc(Cl)c(Cl)cc2Cl)n1. The van der Waals surface area contributed by atoms with Crippen LogP contribution in [0, 0.1) is 0 Å². The van der Waals surface area contributed by atoms with Crippen LogP contribution in [0.15, 0.2) is 22.8 Å². The van der Waals surface area contributed by atoms with Crippen LogP contribution in [0.1, 0.15) is 19.2 Å². The van der Waals surface area contributed by atoms with Crippen molar-refractivity contribution in [2.24, 2.45) is 0 Å². The second-order valence-corrected chi connectivity index (χ2v) is 6.15. The van der Waals surface area contributed by atoms with Crippen molar-refractivity contribution in [3.8, 4) is 0 Å². The average molecular weight is 396 g/mol. The number of halogens is 4. The van der Waals surface area contributed by atoms with E-state index in [1.165, 1.54) is 0 Å². The molecule has 0 unspecified atom stereocenters. The van der Waals surface area contributed by atoms with Gasteiger partial charge in [-0.25, -0.2) is 9.97 Å². The summed E-state index contributed by atoms with van der Waals surface area (Å²) in [6, 6.07) is 5.04. The van der Waals surface area contributed by atoms with Crippen LogP contribution in [0.2, 0.25) is 15.1 Å². The van der Waals surface area contributed by atoms with Crippen molar-refractivity contribution >= 4 is 62.2 Å². The number of hydrogen-bond donors (Lipinski definition) is 1. The Morgan fingerprint density at radius 3 is 2.45 bits per heavy atom. The van der Waals surface area contributed by atoms with Gasteiger partial charge in [0.25, 0.3) is 0 Å². The summed E-state index contributed by atoms with van der Waals surface area (Å²) in [6.07, 6.45) is 1.78. The van der Waals surface area contributed by atoms with E-state index in [1.54, 1.807) is 18.2 Å². The van der Waals surface area contributed by atoms with Crippen molar-refractivity contribution in [1.29, 1.82) is 0 Å². The lowest BCUT2D eigenvalue weighted by atomic mass is 10.3. The van der Waals surface area contributed by atoms with Gasteiger partial charge in [0.05, 0.1) is 20.8 Å². The Morgan fingerprint density at radius 2 is 1.75 bits per heavy atom. The molecule has 1 heterocycles. The highest BCUT2D eigenvalue weighted by Crippen LogP contribution is 2.33. The molecule has 1 aromatic heterocycles. The molecule has 106 valence electrons. The van der Waals surface area contributed by atoms with Crippen molar-refractivity contribution < 1.29 is 0 Å². The van der Waals surface area contributed by atoms with E-state index >= 15 is 0 Å². The highest BCUT2D eigenvalue weighted by atomic mass is 79.9. The summed E-state index contributed by atoms with van der Waals surface area (Å²) in [5, 5.41) is 4.45. The molecule has 1 N–H and O–H groups in total. The normalized spacial score (nSPS) is 10.7. The zero-order valence-corrected chi connectivity index (χ0v) is 14.4. The van der Waals surface area contributed by atoms with Gasteiger partial charge in [0.1, 0.15) is 16.2 Å². The minimum atomic E-state index is 0.415. The Bertz CT molecular complexity index is 634. The molecule has 0 saturated carbocycles. The van der Waals surface area contributed by atoms with E-state index in [9.17, 15) is 0 Å². The van der Waals surface area contributed by atoms with E-state index in [0.29, 0.717) is 26.6 Å². The fourth-order valence-corrected chi connectivity index (χ4v) is 2.64. The van der Waals surface area contributed by atoms with E-state index in [4.69, 9.17) is 34.8 Å². The molecule has 2 aromatic rings. The van der Waals surface area contributed by atoms with Gasteiger partial charge < -0.3 is 5.32 Å². The van der Waals surface area contributed by atoms with Crippen molar-refractivity contribution in [2.45, 2.75) is 19.8 Å². The third-order valence-corrected chi connectivity index (χ3v) is 3.93. The molecule has 0 fully saturated rings. The van der Waals surface area contributed by atoms with Gasteiger partial charge in [0, 0.05) is 12.5 Å². The van der Waals surface area contributed by atoms with Gasteiger partial charge in [-0.3, -0.25) is 0 Å². The van der Waals surface area contributed by atoms with Gasteiger partial charge in [0.2, 0.25) is 0 Å². The number of anilines is 2. The minimum Gasteiger partial charge on any atom is -0.339 e. The predicted molar refractivity (Wildman–Crippen MR) is 88.5 cm³/mol. The number of hydrogen-bond acceptors (Lipinski definition) is 3. The summed E-state index contributed by atoms with van der Waals surface area (Å²) in [4.78, 5) is 8.73. The number of aromatic nitrogens is 2. The van der Waals surface area contributed by atoms with Gasteiger partial charge in [-0.2, -0.15) is 0 Å². The summed E-state index contributed by atoms with van der Waals surface area (Å²) < 4.78 is 0.717. The first-order valence-corrected chi connectivity index (χ1v) is 7.87. The van der Waals surface area contributed by atoms with E-state index in [2.05, 4.69) is 38.1 Å². The largest absolute Gasteiger partial charge is 0.339 e. The van der Waals surface area contributed by atoms with E-state index in [-0.39, 0.29) is 0 Å². The van der Waals surface area contributed by atoms with Gasteiger partial charge >= 0.3 is 0 Å². The molecule has 7 heteroatoms. The molecule has 0 saturated heterocycles. The van der Waals surface area contributed by atoms with Crippen LogP contribution in [-0.2, 0) is 6.42 Å². The molecule has 0 atom stereocenters. The third-order valence-electron chi connectivity index (χ3n) is 2.49. The predicted octanol–water partition coefficient (Wildman–Crippen LogP) is 5.90. The molecule has 0 aliphatic carbocycles. The van der Waals surface area contributed by atoms with Crippen molar-refractivity contribution in [2.75, 3.05) is 5.32 Å². The fraction of sp³-hybridized carbons (Fsp3) is 0.231. The second kappa shape index (κ2) is 6.94. The Hall–Kier alpha value is -0.550. The van der Waals surface area contributed by atoms with Crippen LogP contribution in [0.25, 0.3) is 0 Å². The summed E-state index contributed by atoms with van der Waals surface area (Å²) >= 11 is 21.4. The smallest absolute Gasteiger partial charge is 0.135 e. The summed E-state index contributed by atoms with van der Waals surface area (Å²) in [6.45, 7) is 2.08. The maximum atomic E-state index is 6.13. The Morgan fingerprint density at radius 1 is 1.05 bits per heavy atom. The molecule has 0 amide bonds. The van der Waals surface area contributed by atoms with Gasteiger partial charge in [-0.05, 0) is 34.5 Å². The van der Waals surface area contributed by atoms with Crippen LogP contribution in [0.3, 0.4) is 0 Å². The maximum Gasteiger partial charge on any atom is 0.135 e. The molecule has 0 bridgehead atoms. The van der Waals surface area contributed by atoms with Crippen molar-refractivity contribution in [1.82, 2.24) is 9.97 Å². The van der Waals surface area contributed by atoms with Crippen LogP contribution in [0.5, 0.6) is 0 Å². The third kappa shape index (κ3) is 3.98. The van der Waals surface area contributed by atoms with Gasteiger partial charge in [-0.1, -0.05) is 41.7 Å². The molecule has 0 radical (unpaired) electrons. The van der Waals surface area contributed by atoms with Gasteiger partial charge in [0.15, 0.2) is 0 Å². The summed E-state index contributed by atoms with van der Waals surface area (Å²) in [5.41, 5.74) is 0.647. The fourth-order valence-electron chi connectivity index (χ4n) is 1.62. The first-order valence-electron chi connectivity index (χ1n) is 5.94. The van der Waals surface area contributed by atoms with Crippen molar-refractivity contribution in [3.63, 3.8) is 0 Å². The minimum absolute atomic E-state index is 0.415. The van der Waals surface area contributed by atoms with Crippen LogP contribution in [0.4, 0.5) is 11.5 Å². The van der Waals surface area contributed by atoms with Crippen LogP contribution >= 0.6 is 50.7 Å². The monoisotopic (exact) mass is 393 g/mol. The lowest BCUT2D eigenvalue weighted by Gasteiger charge is -2.10. The highest BCUT2D eigenvalue weighted by Gasteiger charge is 2.08. The number of benzene rings is 1. The molecular weight excluding hydrogens is 384 g/mol. The first kappa shape index (κ1) is 15.8. The van der Waals surface area contributed by atoms with Gasteiger partial charge in [-0.15, -0.1) is 0 Å². The quantitative estimate of drug-likeness (QED) is 0.518. The Kier molecular flexibility index (Phi) is 5.49.